The first kappa shape index (κ1) is 26.6. The minimum Gasteiger partial charge on any atom is -0.497 e. The number of morpholine rings is 1. The van der Waals surface area contributed by atoms with Crippen LogP contribution in [0, 0.1) is 5.82 Å². The standard InChI is InChI=1S/C30H33FN4O4/c1-38-26-4-2-3-23(19-26)29(36)32-25-9-10-28(27(20-25)30(37)35-15-17-39-18-16-35)34-13-11-33(12-14-34)21-22-5-7-24(31)8-6-22/h2-10,19-20H,11-18,21H2,1H3,(H,32,36). The number of benzene rings is 3. The van der Waals surface area contributed by atoms with Gasteiger partial charge in [0, 0.05) is 62.8 Å². The van der Waals surface area contributed by atoms with E-state index in [1.165, 1.54) is 12.1 Å². The lowest BCUT2D eigenvalue weighted by Gasteiger charge is -2.37. The van der Waals surface area contributed by atoms with Crippen LogP contribution in [0.2, 0.25) is 0 Å². The summed E-state index contributed by atoms with van der Waals surface area (Å²) in [6, 6.07) is 19.1. The minimum atomic E-state index is -0.277. The molecule has 3 aromatic rings. The number of piperazine rings is 1. The number of amides is 2. The molecule has 0 aliphatic carbocycles. The molecule has 2 aliphatic rings. The first-order chi connectivity index (χ1) is 19.0. The highest BCUT2D eigenvalue weighted by Crippen LogP contribution is 2.28. The molecule has 9 heteroatoms. The van der Waals surface area contributed by atoms with Gasteiger partial charge in [-0.15, -0.1) is 0 Å². The lowest BCUT2D eigenvalue weighted by atomic mass is 10.1. The third-order valence-corrected chi connectivity index (χ3v) is 7.15. The van der Waals surface area contributed by atoms with Gasteiger partial charge in [0.1, 0.15) is 11.6 Å². The van der Waals surface area contributed by atoms with Gasteiger partial charge in [0.15, 0.2) is 0 Å². The molecular weight excluding hydrogens is 499 g/mol. The Balaban J connectivity index is 1.33. The number of nitrogens with one attached hydrogen (secondary N) is 1. The van der Waals surface area contributed by atoms with Crippen LogP contribution in [0.4, 0.5) is 15.8 Å². The SMILES string of the molecule is COc1cccc(C(=O)Nc2ccc(N3CCN(Cc4ccc(F)cc4)CC3)c(C(=O)N3CCOCC3)c2)c1. The van der Waals surface area contributed by atoms with Crippen LogP contribution in [-0.2, 0) is 11.3 Å². The number of methoxy groups -OCH3 is 1. The van der Waals surface area contributed by atoms with Crippen molar-refractivity contribution in [2.24, 2.45) is 0 Å². The van der Waals surface area contributed by atoms with Gasteiger partial charge in [0.25, 0.3) is 11.8 Å². The van der Waals surface area contributed by atoms with Crippen LogP contribution in [0.1, 0.15) is 26.3 Å². The van der Waals surface area contributed by atoms with Crippen molar-refractivity contribution in [3.8, 4) is 5.75 Å². The average Bonchev–Trinajstić information content (AvgIpc) is 2.99. The van der Waals surface area contributed by atoms with E-state index in [0.717, 1.165) is 44.0 Å². The Morgan fingerprint density at radius 3 is 2.38 bits per heavy atom. The van der Waals surface area contributed by atoms with E-state index in [1.807, 2.05) is 24.3 Å². The Labute approximate surface area is 227 Å². The highest BCUT2D eigenvalue weighted by molar-refractivity contribution is 6.06. The molecule has 0 bridgehead atoms. The first-order valence-corrected chi connectivity index (χ1v) is 13.2. The van der Waals surface area contributed by atoms with Gasteiger partial charge in [-0.25, -0.2) is 4.39 Å². The molecule has 2 saturated heterocycles. The molecule has 1 N–H and O–H groups in total. The number of carbonyl (C=O) groups is 2. The van der Waals surface area contributed by atoms with Crippen LogP contribution in [0.5, 0.6) is 5.75 Å². The summed E-state index contributed by atoms with van der Waals surface area (Å²) in [6.45, 7) is 5.97. The van der Waals surface area contributed by atoms with Gasteiger partial charge in [-0.05, 0) is 54.1 Å². The molecule has 204 valence electrons. The van der Waals surface area contributed by atoms with Gasteiger partial charge < -0.3 is 24.6 Å². The second-order valence-electron chi connectivity index (χ2n) is 9.71. The second-order valence-corrected chi connectivity index (χ2v) is 9.71. The van der Waals surface area contributed by atoms with Crippen molar-refractivity contribution in [2.45, 2.75) is 6.54 Å². The van der Waals surface area contributed by atoms with E-state index < -0.39 is 0 Å². The molecule has 2 aliphatic heterocycles. The third-order valence-electron chi connectivity index (χ3n) is 7.15. The number of anilines is 2. The normalized spacial score (nSPS) is 16.2. The fourth-order valence-corrected chi connectivity index (χ4v) is 4.96. The summed E-state index contributed by atoms with van der Waals surface area (Å²) in [4.78, 5) is 33.0. The summed E-state index contributed by atoms with van der Waals surface area (Å²) >= 11 is 0. The lowest BCUT2D eigenvalue weighted by molar-refractivity contribution is 0.0303. The van der Waals surface area contributed by atoms with Crippen molar-refractivity contribution in [2.75, 3.05) is 69.8 Å². The van der Waals surface area contributed by atoms with Crippen LogP contribution < -0.4 is 15.0 Å². The fourth-order valence-electron chi connectivity index (χ4n) is 4.96. The van der Waals surface area contributed by atoms with E-state index in [-0.39, 0.29) is 17.6 Å². The molecule has 0 unspecified atom stereocenters. The van der Waals surface area contributed by atoms with E-state index >= 15 is 0 Å². The quantitative estimate of drug-likeness (QED) is 0.498. The van der Waals surface area contributed by atoms with Crippen LogP contribution >= 0.6 is 0 Å². The van der Waals surface area contributed by atoms with Crippen molar-refractivity contribution in [3.05, 3.63) is 89.2 Å². The molecule has 2 fully saturated rings. The summed E-state index contributed by atoms with van der Waals surface area (Å²) in [5, 5.41) is 2.93. The maximum Gasteiger partial charge on any atom is 0.256 e. The predicted molar refractivity (Wildman–Crippen MR) is 148 cm³/mol. The van der Waals surface area contributed by atoms with Gasteiger partial charge in [-0.2, -0.15) is 0 Å². The maximum atomic E-state index is 13.7. The van der Waals surface area contributed by atoms with Crippen LogP contribution in [-0.4, -0.2) is 81.2 Å². The number of hydrogen-bond donors (Lipinski definition) is 1. The Hall–Kier alpha value is -3.95. The smallest absolute Gasteiger partial charge is 0.256 e. The lowest BCUT2D eigenvalue weighted by Crippen LogP contribution is -2.47. The maximum absolute atomic E-state index is 13.7. The van der Waals surface area contributed by atoms with Gasteiger partial charge >= 0.3 is 0 Å². The molecule has 0 aromatic heterocycles. The number of ether oxygens (including phenoxy) is 2. The Morgan fingerprint density at radius 2 is 1.67 bits per heavy atom. The van der Waals surface area contributed by atoms with E-state index in [2.05, 4.69) is 15.1 Å². The number of halogens is 1. The second kappa shape index (κ2) is 12.3. The van der Waals surface area contributed by atoms with Crippen molar-refractivity contribution in [1.29, 1.82) is 0 Å². The number of carbonyl (C=O) groups excluding carboxylic acids is 2. The highest BCUT2D eigenvalue weighted by atomic mass is 19.1. The van der Waals surface area contributed by atoms with Crippen molar-refractivity contribution in [1.82, 2.24) is 9.80 Å². The van der Waals surface area contributed by atoms with Crippen LogP contribution in [0.15, 0.2) is 66.7 Å². The van der Waals surface area contributed by atoms with Gasteiger partial charge in [-0.3, -0.25) is 14.5 Å². The number of rotatable bonds is 7. The monoisotopic (exact) mass is 532 g/mol. The molecule has 0 radical (unpaired) electrons. The zero-order chi connectivity index (χ0) is 27.2. The Morgan fingerprint density at radius 1 is 0.923 bits per heavy atom. The molecule has 2 heterocycles. The van der Waals surface area contributed by atoms with E-state index in [1.54, 1.807) is 42.3 Å². The fraction of sp³-hybridized carbons (Fsp3) is 0.333. The molecule has 8 nitrogen and oxygen atoms in total. The summed E-state index contributed by atoms with van der Waals surface area (Å²) in [6.07, 6.45) is 0. The highest BCUT2D eigenvalue weighted by Gasteiger charge is 2.26. The van der Waals surface area contributed by atoms with E-state index in [0.29, 0.717) is 48.9 Å². The molecule has 5 rings (SSSR count). The molecule has 3 aromatic carbocycles. The molecular formula is C30H33FN4O4. The zero-order valence-electron chi connectivity index (χ0n) is 22.1. The molecule has 0 spiro atoms. The Kier molecular flexibility index (Phi) is 8.39. The molecule has 0 saturated carbocycles. The van der Waals surface area contributed by atoms with E-state index in [9.17, 15) is 14.0 Å². The van der Waals surface area contributed by atoms with Crippen LogP contribution in [0.3, 0.4) is 0 Å². The average molecular weight is 533 g/mol. The predicted octanol–water partition coefficient (Wildman–Crippen LogP) is 3.88. The van der Waals surface area contributed by atoms with Gasteiger partial charge in [-0.1, -0.05) is 18.2 Å². The van der Waals surface area contributed by atoms with Gasteiger partial charge in [0.2, 0.25) is 0 Å². The summed E-state index contributed by atoms with van der Waals surface area (Å²) in [5.41, 5.74) is 3.51. The Bertz CT molecular complexity index is 1300. The van der Waals surface area contributed by atoms with Crippen molar-refractivity contribution >= 4 is 23.2 Å². The topological polar surface area (TPSA) is 74.4 Å². The van der Waals surface area contributed by atoms with Crippen LogP contribution in [0.25, 0.3) is 0 Å². The largest absolute Gasteiger partial charge is 0.497 e. The van der Waals surface area contributed by atoms with E-state index in [4.69, 9.17) is 9.47 Å². The summed E-state index contributed by atoms with van der Waals surface area (Å²) < 4.78 is 24.0. The summed E-state index contributed by atoms with van der Waals surface area (Å²) in [5.74, 6) is 0.0178. The van der Waals surface area contributed by atoms with Crippen molar-refractivity contribution in [3.63, 3.8) is 0 Å². The molecule has 39 heavy (non-hydrogen) atoms. The molecule has 2 amide bonds. The number of nitrogens with zero attached hydrogens (tertiary/aromatic N) is 3. The zero-order valence-corrected chi connectivity index (χ0v) is 22.1. The number of hydrogen-bond acceptors (Lipinski definition) is 6. The summed E-state index contributed by atoms with van der Waals surface area (Å²) in [7, 11) is 1.56. The minimum absolute atomic E-state index is 0.0699. The van der Waals surface area contributed by atoms with Crippen molar-refractivity contribution < 1.29 is 23.5 Å². The third kappa shape index (κ3) is 6.55. The molecule has 0 atom stereocenters. The van der Waals surface area contributed by atoms with Gasteiger partial charge in [0.05, 0.1) is 25.9 Å². The first-order valence-electron chi connectivity index (χ1n) is 13.2.